The molecule has 0 spiro atoms. The fraction of sp³-hybridized carbons (Fsp3) is 0.429. The van der Waals surface area contributed by atoms with Gasteiger partial charge in [-0.05, 0) is 39.7 Å². The summed E-state index contributed by atoms with van der Waals surface area (Å²) in [4.78, 5) is 30.5. The predicted octanol–water partition coefficient (Wildman–Crippen LogP) is 3.51. The van der Waals surface area contributed by atoms with Crippen LogP contribution in [0, 0.1) is 0 Å². The van der Waals surface area contributed by atoms with Gasteiger partial charge in [0.25, 0.3) is 0 Å². The van der Waals surface area contributed by atoms with Gasteiger partial charge in [-0.25, -0.2) is 19.7 Å². The molecular formula is C21H26N6O2. The van der Waals surface area contributed by atoms with E-state index in [1.807, 2.05) is 39.2 Å². The number of pyridine rings is 1. The minimum absolute atomic E-state index is 0.0317. The van der Waals surface area contributed by atoms with Crippen molar-refractivity contribution < 1.29 is 9.53 Å². The third kappa shape index (κ3) is 4.31. The van der Waals surface area contributed by atoms with Crippen LogP contribution >= 0.6 is 0 Å². The predicted molar refractivity (Wildman–Crippen MR) is 112 cm³/mol. The van der Waals surface area contributed by atoms with Crippen molar-refractivity contribution in [1.82, 2.24) is 25.3 Å². The highest BCUT2D eigenvalue weighted by Crippen LogP contribution is 2.35. The number of piperidine rings is 1. The Morgan fingerprint density at radius 2 is 2.10 bits per heavy atom. The lowest BCUT2D eigenvalue weighted by Gasteiger charge is -2.35. The van der Waals surface area contributed by atoms with E-state index in [9.17, 15) is 4.79 Å². The molecular weight excluding hydrogens is 368 g/mol. The number of H-pyrrole nitrogens is 1. The van der Waals surface area contributed by atoms with Crippen LogP contribution in [0.2, 0.25) is 0 Å². The monoisotopic (exact) mass is 394 g/mol. The fourth-order valence-electron chi connectivity index (χ4n) is 3.76. The fourth-order valence-corrected chi connectivity index (χ4v) is 3.76. The maximum Gasteiger partial charge on any atom is 0.407 e. The number of carbonyl (C=O) groups is 1. The summed E-state index contributed by atoms with van der Waals surface area (Å²) in [7, 11) is 0. The van der Waals surface area contributed by atoms with Crippen LogP contribution in [-0.4, -0.2) is 50.8 Å². The van der Waals surface area contributed by atoms with Gasteiger partial charge in [-0.1, -0.05) is 0 Å². The van der Waals surface area contributed by atoms with Crippen LogP contribution in [0.15, 0.2) is 37.2 Å². The average molecular weight is 394 g/mol. The second-order valence-corrected chi connectivity index (χ2v) is 8.31. The third-order valence-corrected chi connectivity index (χ3v) is 4.91. The number of ether oxygens (including phenoxy) is 1. The van der Waals surface area contributed by atoms with Gasteiger partial charge in [0.05, 0.1) is 5.39 Å². The summed E-state index contributed by atoms with van der Waals surface area (Å²) >= 11 is 0. The lowest BCUT2D eigenvalue weighted by atomic mass is 10.0. The summed E-state index contributed by atoms with van der Waals surface area (Å²) in [5.41, 5.74) is 3.36. The molecule has 4 rings (SSSR count). The van der Waals surface area contributed by atoms with E-state index in [1.54, 1.807) is 12.4 Å². The van der Waals surface area contributed by atoms with Crippen molar-refractivity contribution in [2.45, 2.75) is 45.3 Å². The van der Waals surface area contributed by atoms with Crippen molar-refractivity contribution in [1.29, 1.82) is 0 Å². The SMILES string of the molecule is CC(C)(C)OC(=O)N[C@@H]1CCCN(c2ccnc3[nH]cc(-c4cncnc4)c23)C1. The van der Waals surface area contributed by atoms with Crippen molar-refractivity contribution in [3.05, 3.63) is 37.2 Å². The minimum Gasteiger partial charge on any atom is -0.444 e. The second kappa shape index (κ2) is 7.69. The minimum atomic E-state index is -0.506. The first kappa shape index (κ1) is 19.2. The quantitative estimate of drug-likeness (QED) is 0.706. The highest BCUT2D eigenvalue weighted by molar-refractivity contribution is 6.02. The van der Waals surface area contributed by atoms with Crippen molar-refractivity contribution in [2.75, 3.05) is 18.0 Å². The summed E-state index contributed by atoms with van der Waals surface area (Å²) in [5, 5.41) is 4.06. The molecule has 152 valence electrons. The molecule has 0 saturated carbocycles. The Balaban J connectivity index is 1.60. The van der Waals surface area contributed by atoms with Gasteiger partial charge in [0.2, 0.25) is 0 Å². The molecule has 8 nitrogen and oxygen atoms in total. The number of nitrogens with one attached hydrogen (secondary N) is 2. The molecule has 2 N–H and O–H groups in total. The van der Waals surface area contributed by atoms with Crippen LogP contribution in [0.1, 0.15) is 33.6 Å². The first-order valence-corrected chi connectivity index (χ1v) is 9.86. The Kier molecular flexibility index (Phi) is 5.08. The van der Waals surface area contributed by atoms with Crippen LogP contribution in [0.5, 0.6) is 0 Å². The van der Waals surface area contributed by atoms with Gasteiger partial charge in [0, 0.05) is 60.7 Å². The van der Waals surface area contributed by atoms with Gasteiger partial charge < -0.3 is 19.9 Å². The molecule has 0 aliphatic carbocycles. The molecule has 1 amide bonds. The number of carbonyl (C=O) groups excluding carboxylic acids is 1. The lowest BCUT2D eigenvalue weighted by Crippen LogP contribution is -2.49. The maximum atomic E-state index is 12.2. The molecule has 1 aliphatic heterocycles. The van der Waals surface area contributed by atoms with E-state index in [2.05, 4.69) is 30.2 Å². The second-order valence-electron chi connectivity index (χ2n) is 8.31. The van der Waals surface area contributed by atoms with Gasteiger partial charge in [0.1, 0.15) is 17.6 Å². The molecule has 29 heavy (non-hydrogen) atoms. The molecule has 8 heteroatoms. The number of fused-ring (bicyclic) bond motifs is 1. The van der Waals surface area contributed by atoms with Gasteiger partial charge >= 0.3 is 6.09 Å². The van der Waals surface area contributed by atoms with E-state index < -0.39 is 5.60 Å². The smallest absolute Gasteiger partial charge is 0.407 e. The summed E-state index contributed by atoms with van der Waals surface area (Å²) in [6.45, 7) is 7.24. The molecule has 0 unspecified atom stereocenters. The Hall–Kier alpha value is -3.16. The maximum absolute atomic E-state index is 12.2. The topological polar surface area (TPSA) is 96.0 Å². The largest absolute Gasteiger partial charge is 0.444 e. The van der Waals surface area contributed by atoms with E-state index in [-0.39, 0.29) is 12.1 Å². The van der Waals surface area contributed by atoms with Crippen LogP contribution in [0.4, 0.5) is 10.5 Å². The van der Waals surface area contributed by atoms with Gasteiger partial charge in [-0.15, -0.1) is 0 Å². The van der Waals surface area contributed by atoms with Crippen molar-refractivity contribution in [3.8, 4) is 11.1 Å². The van der Waals surface area contributed by atoms with E-state index in [0.717, 1.165) is 47.2 Å². The summed E-state index contributed by atoms with van der Waals surface area (Å²) in [6.07, 6.45) is 10.4. The standard InChI is InChI=1S/C21H26N6O2/c1-21(2,3)29-20(28)26-15-5-4-8-27(12-15)17-6-7-24-19-18(17)16(11-25-19)14-9-22-13-23-10-14/h6-7,9-11,13,15H,4-5,8,12H2,1-3H3,(H,24,25)(H,26,28)/t15-/m1/s1. The number of alkyl carbamates (subject to hydrolysis) is 1. The van der Waals surface area contributed by atoms with Gasteiger partial charge in [-0.2, -0.15) is 0 Å². The Morgan fingerprint density at radius 3 is 2.86 bits per heavy atom. The number of rotatable bonds is 3. The summed E-state index contributed by atoms with van der Waals surface area (Å²) in [6, 6.07) is 2.06. The van der Waals surface area contributed by atoms with Crippen LogP contribution < -0.4 is 10.2 Å². The zero-order valence-corrected chi connectivity index (χ0v) is 17.0. The molecule has 1 aliphatic rings. The molecule has 0 bridgehead atoms. The summed E-state index contributed by atoms with van der Waals surface area (Å²) < 4.78 is 5.42. The number of hydrogen-bond donors (Lipinski definition) is 2. The molecule has 3 aromatic rings. The molecule has 3 aromatic heterocycles. The highest BCUT2D eigenvalue weighted by atomic mass is 16.6. The van der Waals surface area contributed by atoms with Crippen LogP contribution in [0.3, 0.4) is 0 Å². The van der Waals surface area contributed by atoms with Gasteiger partial charge in [-0.3, -0.25) is 0 Å². The molecule has 0 aromatic carbocycles. The zero-order valence-electron chi connectivity index (χ0n) is 17.0. The zero-order chi connectivity index (χ0) is 20.4. The molecule has 4 heterocycles. The third-order valence-electron chi connectivity index (χ3n) is 4.91. The molecule has 0 radical (unpaired) electrons. The normalized spacial score (nSPS) is 17.3. The van der Waals surface area contributed by atoms with E-state index in [0.29, 0.717) is 6.54 Å². The lowest BCUT2D eigenvalue weighted by molar-refractivity contribution is 0.0500. The Morgan fingerprint density at radius 1 is 1.31 bits per heavy atom. The molecule has 1 atom stereocenters. The number of aromatic nitrogens is 4. The molecule has 1 fully saturated rings. The van der Waals surface area contributed by atoms with E-state index in [1.165, 1.54) is 6.33 Å². The van der Waals surface area contributed by atoms with Crippen molar-refractivity contribution in [3.63, 3.8) is 0 Å². The Labute approximate surface area is 169 Å². The van der Waals surface area contributed by atoms with Crippen molar-refractivity contribution >= 4 is 22.8 Å². The van der Waals surface area contributed by atoms with Crippen LogP contribution in [0.25, 0.3) is 22.2 Å². The molecule has 1 saturated heterocycles. The van der Waals surface area contributed by atoms with Crippen molar-refractivity contribution in [2.24, 2.45) is 0 Å². The van der Waals surface area contributed by atoms with Gasteiger partial charge in [0.15, 0.2) is 0 Å². The van der Waals surface area contributed by atoms with Crippen LogP contribution in [-0.2, 0) is 4.74 Å². The number of aromatic amines is 1. The van der Waals surface area contributed by atoms with E-state index >= 15 is 0 Å². The highest BCUT2D eigenvalue weighted by Gasteiger charge is 2.26. The first-order chi connectivity index (χ1) is 13.9. The number of nitrogens with zero attached hydrogens (tertiary/aromatic N) is 4. The number of anilines is 1. The van der Waals surface area contributed by atoms with E-state index in [4.69, 9.17) is 4.74 Å². The summed E-state index contributed by atoms with van der Waals surface area (Å²) in [5.74, 6) is 0. The first-order valence-electron chi connectivity index (χ1n) is 9.86. The number of hydrogen-bond acceptors (Lipinski definition) is 6. The average Bonchev–Trinajstić information content (AvgIpc) is 3.11. The Bertz CT molecular complexity index is 995. The number of amides is 1.